The maximum absolute atomic E-state index is 13.1. The second kappa shape index (κ2) is 5.88. The van der Waals surface area contributed by atoms with Crippen molar-refractivity contribution in [2.24, 2.45) is 0 Å². The van der Waals surface area contributed by atoms with Gasteiger partial charge >= 0.3 is 12.0 Å². The maximum Gasteiger partial charge on any atom is 0.323 e. The molecule has 1 aromatic rings. The Bertz CT molecular complexity index is 473. The SMILES string of the molecule is CN(CC(=O)O)C(=O)Nc1cc(Cl)c(F)c(Cl)c1. The van der Waals surface area contributed by atoms with Crippen molar-refractivity contribution in [3.63, 3.8) is 0 Å². The van der Waals surface area contributed by atoms with E-state index in [0.29, 0.717) is 0 Å². The fourth-order valence-corrected chi connectivity index (χ4v) is 1.61. The molecular weight excluding hydrogens is 286 g/mol. The van der Waals surface area contributed by atoms with Gasteiger partial charge in [0, 0.05) is 12.7 Å². The summed E-state index contributed by atoms with van der Waals surface area (Å²) in [5, 5.41) is 10.4. The number of carboxylic acids is 1. The zero-order valence-electron chi connectivity index (χ0n) is 9.21. The fraction of sp³-hybridized carbons (Fsp3) is 0.200. The molecule has 0 aliphatic heterocycles. The van der Waals surface area contributed by atoms with Crippen LogP contribution in [0.3, 0.4) is 0 Å². The van der Waals surface area contributed by atoms with E-state index in [1.807, 2.05) is 0 Å². The second-order valence-electron chi connectivity index (χ2n) is 3.43. The second-order valence-corrected chi connectivity index (χ2v) is 4.25. The van der Waals surface area contributed by atoms with Gasteiger partial charge in [-0.2, -0.15) is 0 Å². The monoisotopic (exact) mass is 294 g/mol. The first kappa shape index (κ1) is 14.5. The van der Waals surface area contributed by atoms with Crippen LogP contribution in [0.1, 0.15) is 0 Å². The van der Waals surface area contributed by atoms with Crippen molar-refractivity contribution in [1.82, 2.24) is 4.90 Å². The minimum absolute atomic E-state index is 0.175. The summed E-state index contributed by atoms with van der Waals surface area (Å²) in [6.07, 6.45) is 0. The molecule has 0 atom stereocenters. The van der Waals surface area contributed by atoms with Crippen LogP contribution in [0.25, 0.3) is 0 Å². The number of amides is 2. The first-order valence-electron chi connectivity index (χ1n) is 4.69. The highest BCUT2D eigenvalue weighted by Crippen LogP contribution is 2.27. The summed E-state index contributed by atoms with van der Waals surface area (Å²) in [5.41, 5.74) is 0.175. The molecule has 0 unspecified atom stereocenters. The highest BCUT2D eigenvalue weighted by Gasteiger charge is 2.14. The van der Waals surface area contributed by atoms with Crippen LogP contribution in [0.5, 0.6) is 0 Å². The Kier molecular flexibility index (Phi) is 4.75. The van der Waals surface area contributed by atoms with E-state index in [4.69, 9.17) is 28.3 Å². The summed E-state index contributed by atoms with van der Waals surface area (Å²) in [7, 11) is 1.30. The fourth-order valence-electron chi connectivity index (χ4n) is 1.12. The molecule has 5 nitrogen and oxygen atoms in total. The molecular formula is C10H9Cl2FN2O3. The van der Waals surface area contributed by atoms with Gasteiger partial charge in [-0.25, -0.2) is 9.18 Å². The summed E-state index contributed by atoms with van der Waals surface area (Å²) >= 11 is 11.1. The molecule has 0 bridgehead atoms. The van der Waals surface area contributed by atoms with Gasteiger partial charge in [-0.3, -0.25) is 4.79 Å². The minimum atomic E-state index is -1.15. The van der Waals surface area contributed by atoms with Crippen molar-refractivity contribution >= 4 is 40.9 Å². The number of carbonyl (C=O) groups excluding carboxylic acids is 1. The third-order valence-corrected chi connectivity index (χ3v) is 2.50. The Labute approximate surface area is 112 Å². The van der Waals surface area contributed by atoms with E-state index >= 15 is 0 Å². The van der Waals surface area contributed by atoms with E-state index < -0.39 is 24.4 Å². The van der Waals surface area contributed by atoms with Gasteiger partial charge in [-0.05, 0) is 12.1 Å². The van der Waals surface area contributed by atoms with Crippen molar-refractivity contribution in [3.05, 3.63) is 28.0 Å². The average Bonchev–Trinajstić information content (AvgIpc) is 2.24. The Morgan fingerprint density at radius 2 is 1.89 bits per heavy atom. The number of halogens is 3. The number of carbonyl (C=O) groups is 2. The van der Waals surface area contributed by atoms with Gasteiger partial charge in [0.05, 0.1) is 10.0 Å². The molecule has 0 saturated carbocycles. The number of anilines is 1. The zero-order valence-corrected chi connectivity index (χ0v) is 10.7. The number of hydrogen-bond acceptors (Lipinski definition) is 2. The van der Waals surface area contributed by atoms with E-state index in [1.165, 1.54) is 19.2 Å². The highest BCUT2D eigenvalue weighted by molar-refractivity contribution is 6.35. The number of nitrogens with zero attached hydrogens (tertiary/aromatic N) is 1. The van der Waals surface area contributed by atoms with Crippen LogP contribution in [0.4, 0.5) is 14.9 Å². The molecule has 1 aromatic carbocycles. The summed E-state index contributed by atoms with van der Waals surface area (Å²) in [6, 6.07) is 1.68. The quantitative estimate of drug-likeness (QED) is 0.842. The van der Waals surface area contributed by atoms with Gasteiger partial charge in [0.15, 0.2) is 5.82 Å². The van der Waals surface area contributed by atoms with Gasteiger partial charge in [-0.15, -0.1) is 0 Å². The van der Waals surface area contributed by atoms with Gasteiger partial charge in [-0.1, -0.05) is 23.2 Å². The third-order valence-electron chi connectivity index (χ3n) is 1.95. The molecule has 2 N–H and O–H groups in total. The lowest BCUT2D eigenvalue weighted by Gasteiger charge is -2.15. The number of nitrogens with one attached hydrogen (secondary N) is 1. The topological polar surface area (TPSA) is 69.6 Å². The number of hydrogen-bond donors (Lipinski definition) is 2. The van der Waals surface area contributed by atoms with Crippen LogP contribution in [-0.4, -0.2) is 35.6 Å². The molecule has 0 saturated heterocycles. The van der Waals surface area contributed by atoms with Crippen LogP contribution in [0, 0.1) is 5.82 Å². The van der Waals surface area contributed by atoms with E-state index in [0.717, 1.165) is 4.90 Å². The summed E-state index contributed by atoms with van der Waals surface area (Å²) in [5.74, 6) is -1.93. The molecule has 0 fully saturated rings. The molecule has 0 aromatic heterocycles. The number of carboxylic acid groups (broad SMARTS) is 1. The van der Waals surface area contributed by atoms with Crippen molar-refractivity contribution < 1.29 is 19.1 Å². The van der Waals surface area contributed by atoms with Crippen molar-refractivity contribution in [2.75, 3.05) is 18.9 Å². The molecule has 18 heavy (non-hydrogen) atoms. The predicted octanol–water partition coefficient (Wildman–Crippen LogP) is 2.68. The Hall–Kier alpha value is -1.53. The molecule has 8 heteroatoms. The highest BCUT2D eigenvalue weighted by atomic mass is 35.5. The average molecular weight is 295 g/mol. The Balaban J connectivity index is 2.79. The van der Waals surface area contributed by atoms with Crippen LogP contribution in [0.15, 0.2) is 12.1 Å². The standard InChI is InChI=1S/C10H9Cl2FN2O3/c1-15(4-8(16)17)10(18)14-5-2-6(11)9(13)7(12)3-5/h2-3H,4H2,1H3,(H,14,18)(H,16,17). The molecule has 98 valence electrons. The summed E-state index contributed by atoms with van der Waals surface area (Å²) in [4.78, 5) is 22.9. The largest absolute Gasteiger partial charge is 0.480 e. The van der Waals surface area contributed by atoms with Crippen molar-refractivity contribution in [1.29, 1.82) is 0 Å². The van der Waals surface area contributed by atoms with E-state index in [9.17, 15) is 14.0 Å². The minimum Gasteiger partial charge on any atom is -0.480 e. The van der Waals surface area contributed by atoms with Crippen LogP contribution in [0.2, 0.25) is 10.0 Å². The smallest absolute Gasteiger partial charge is 0.323 e. The number of rotatable bonds is 3. The maximum atomic E-state index is 13.1. The molecule has 0 aliphatic carbocycles. The third kappa shape index (κ3) is 3.75. The van der Waals surface area contributed by atoms with Gasteiger partial charge < -0.3 is 15.3 Å². The normalized spacial score (nSPS) is 10.0. The van der Waals surface area contributed by atoms with Crippen LogP contribution < -0.4 is 5.32 Å². The number of benzene rings is 1. The molecule has 0 radical (unpaired) electrons. The molecule has 2 amide bonds. The van der Waals surface area contributed by atoms with Crippen molar-refractivity contribution in [2.45, 2.75) is 0 Å². The predicted molar refractivity (Wildman–Crippen MR) is 65.7 cm³/mol. The van der Waals surface area contributed by atoms with Gasteiger partial charge in [0.25, 0.3) is 0 Å². The van der Waals surface area contributed by atoms with Gasteiger partial charge in [0.1, 0.15) is 6.54 Å². The van der Waals surface area contributed by atoms with Crippen LogP contribution in [-0.2, 0) is 4.79 Å². The lowest BCUT2D eigenvalue weighted by atomic mass is 10.3. The molecule has 0 heterocycles. The van der Waals surface area contributed by atoms with Gasteiger partial charge in [0.2, 0.25) is 0 Å². The van der Waals surface area contributed by atoms with Crippen molar-refractivity contribution in [3.8, 4) is 0 Å². The lowest BCUT2D eigenvalue weighted by Crippen LogP contribution is -2.35. The van der Waals surface area contributed by atoms with E-state index in [1.54, 1.807) is 0 Å². The van der Waals surface area contributed by atoms with Crippen LogP contribution >= 0.6 is 23.2 Å². The first-order valence-corrected chi connectivity index (χ1v) is 5.45. The number of aliphatic carboxylic acids is 1. The Morgan fingerprint density at radius 3 is 2.33 bits per heavy atom. The number of urea groups is 1. The molecule has 0 spiro atoms. The van der Waals surface area contributed by atoms with E-state index in [-0.39, 0.29) is 15.7 Å². The number of likely N-dealkylation sites (N-methyl/N-ethyl adjacent to an activating group) is 1. The zero-order chi connectivity index (χ0) is 13.9. The Morgan fingerprint density at radius 1 is 1.39 bits per heavy atom. The molecule has 0 aliphatic rings. The van der Waals surface area contributed by atoms with E-state index in [2.05, 4.69) is 5.32 Å². The summed E-state index contributed by atoms with van der Waals surface area (Å²) < 4.78 is 13.1. The lowest BCUT2D eigenvalue weighted by molar-refractivity contribution is -0.137. The first-order chi connectivity index (χ1) is 8.31. The molecule has 1 rings (SSSR count). The summed E-state index contributed by atoms with van der Waals surface area (Å²) in [6.45, 7) is -0.464.